The zero-order chi connectivity index (χ0) is 17.4. The lowest BCUT2D eigenvalue weighted by atomic mass is 10.1. The molecule has 1 amide bonds. The van der Waals surface area contributed by atoms with Crippen molar-refractivity contribution in [3.05, 3.63) is 35.5 Å². The van der Waals surface area contributed by atoms with E-state index in [9.17, 15) is 9.18 Å². The molecule has 3 heterocycles. The maximum atomic E-state index is 13.7. The van der Waals surface area contributed by atoms with Gasteiger partial charge in [-0.1, -0.05) is 5.10 Å². The second-order valence-electron chi connectivity index (χ2n) is 6.08. The fourth-order valence-corrected chi connectivity index (χ4v) is 2.87. The highest BCUT2D eigenvalue weighted by Gasteiger charge is 2.25. The Kier molecular flexibility index (Phi) is 3.92. The fourth-order valence-electron chi connectivity index (χ4n) is 2.87. The van der Waals surface area contributed by atoms with Crippen LogP contribution < -0.4 is 10.2 Å². The molecule has 1 aromatic carbocycles. The Hall–Kier alpha value is -2.81. The van der Waals surface area contributed by atoms with Crippen LogP contribution in [0.1, 0.15) is 11.5 Å². The molecule has 1 N–H and O–H groups in total. The van der Waals surface area contributed by atoms with Crippen LogP contribution in [0.2, 0.25) is 0 Å². The molecule has 0 aliphatic carbocycles. The molecule has 2 aliphatic rings. The van der Waals surface area contributed by atoms with Crippen molar-refractivity contribution in [1.82, 2.24) is 15.1 Å². The highest BCUT2D eigenvalue weighted by Crippen LogP contribution is 2.24. The zero-order valence-corrected chi connectivity index (χ0v) is 13.7. The third kappa shape index (κ3) is 3.10. The van der Waals surface area contributed by atoms with Crippen LogP contribution in [0.5, 0.6) is 0 Å². The van der Waals surface area contributed by atoms with Crippen molar-refractivity contribution in [1.29, 1.82) is 0 Å². The summed E-state index contributed by atoms with van der Waals surface area (Å²) < 4.78 is 19.5. The van der Waals surface area contributed by atoms with Gasteiger partial charge < -0.3 is 19.5 Å². The van der Waals surface area contributed by atoms with Gasteiger partial charge in [-0.3, -0.25) is 9.79 Å². The number of hydrogen-bond acceptors (Lipinski definition) is 7. The Bertz CT molecular complexity index is 841. The number of nitrogens with one attached hydrogen (secondary N) is 1. The Morgan fingerprint density at radius 2 is 2.00 bits per heavy atom. The number of likely N-dealkylation sites (N-methyl/N-ethyl adjacent to an activating group) is 1. The van der Waals surface area contributed by atoms with Crippen molar-refractivity contribution >= 4 is 23.3 Å². The highest BCUT2D eigenvalue weighted by molar-refractivity contribution is 6.17. The Labute approximate surface area is 143 Å². The monoisotopic (exact) mass is 344 g/mol. The summed E-state index contributed by atoms with van der Waals surface area (Å²) in [6.45, 7) is 3.31. The van der Waals surface area contributed by atoms with E-state index in [-0.39, 0.29) is 18.3 Å². The third-order valence-electron chi connectivity index (χ3n) is 4.28. The molecule has 0 unspecified atom stereocenters. The minimum Gasteiger partial charge on any atom is -0.402 e. The van der Waals surface area contributed by atoms with Gasteiger partial charge in [0, 0.05) is 31.7 Å². The van der Waals surface area contributed by atoms with E-state index in [1.165, 1.54) is 18.2 Å². The number of benzodiazepines with no additional fused rings is 1. The van der Waals surface area contributed by atoms with Crippen LogP contribution >= 0.6 is 0 Å². The number of benzene rings is 1. The van der Waals surface area contributed by atoms with Gasteiger partial charge in [0.05, 0.1) is 5.69 Å². The number of anilines is 2. The van der Waals surface area contributed by atoms with Crippen molar-refractivity contribution in [2.24, 2.45) is 4.99 Å². The van der Waals surface area contributed by atoms with E-state index < -0.39 is 5.82 Å². The predicted molar refractivity (Wildman–Crippen MR) is 89.5 cm³/mol. The topological polar surface area (TPSA) is 86.9 Å². The molecule has 8 nitrogen and oxygen atoms in total. The van der Waals surface area contributed by atoms with Crippen LogP contribution in [0.25, 0.3) is 0 Å². The van der Waals surface area contributed by atoms with E-state index in [4.69, 9.17) is 4.42 Å². The summed E-state index contributed by atoms with van der Waals surface area (Å²) in [5.74, 6) is -0.527. The van der Waals surface area contributed by atoms with Gasteiger partial charge in [0.2, 0.25) is 5.91 Å². The van der Waals surface area contributed by atoms with Crippen molar-refractivity contribution in [2.45, 2.75) is 0 Å². The molecule has 25 heavy (non-hydrogen) atoms. The number of amides is 1. The molecule has 2 aliphatic heterocycles. The number of carbonyl (C=O) groups excluding carboxylic acids is 1. The first-order valence-electron chi connectivity index (χ1n) is 8.02. The van der Waals surface area contributed by atoms with Crippen LogP contribution in [0.4, 0.5) is 16.1 Å². The van der Waals surface area contributed by atoms with Crippen LogP contribution in [-0.4, -0.2) is 66.5 Å². The van der Waals surface area contributed by atoms with E-state index in [0.717, 1.165) is 26.2 Å². The normalized spacial score (nSPS) is 18.4. The SMILES string of the molecule is CN1CCN(c2nnc(C3=NCC(=O)Nc4ccc(F)cc43)o2)CC1. The van der Waals surface area contributed by atoms with Gasteiger partial charge >= 0.3 is 6.01 Å². The standard InChI is InChI=1S/C16H17FN6O2/c1-22-4-6-23(7-5-22)16-21-20-15(25-16)14-11-8-10(17)2-3-12(11)19-13(24)9-18-14/h2-3,8H,4-7,9H2,1H3,(H,19,24). The molecule has 2 aromatic rings. The molecule has 9 heteroatoms. The number of hydrogen-bond donors (Lipinski definition) is 1. The molecular weight excluding hydrogens is 327 g/mol. The van der Waals surface area contributed by atoms with Crippen LogP contribution in [-0.2, 0) is 4.79 Å². The second-order valence-corrected chi connectivity index (χ2v) is 6.08. The number of carbonyl (C=O) groups is 1. The van der Waals surface area contributed by atoms with Gasteiger partial charge in [-0.15, -0.1) is 5.10 Å². The smallest absolute Gasteiger partial charge is 0.318 e. The largest absolute Gasteiger partial charge is 0.402 e. The summed E-state index contributed by atoms with van der Waals surface area (Å²) in [4.78, 5) is 20.3. The van der Waals surface area contributed by atoms with Gasteiger partial charge in [-0.25, -0.2) is 4.39 Å². The maximum absolute atomic E-state index is 13.7. The lowest BCUT2D eigenvalue weighted by Gasteiger charge is -2.30. The summed E-state index contributed by atoms with van der Waals surface area (Å²) >= 11 is 0. The van der Waals surface area contributed by atoms with Gasteiger partial charge in [0.15, 0.2) is 0 Å². The lowest BCUT2D eigenvalue weighted by molar-refractivity contribution is -0.114. The van der Waals surface area contributed by atoms with E-state index >= 15 is 0 Å². The average molecular weight is 344 g/mol. The molecule has 0 atom stereocenters. The summed E-state index contributed by atoms with van der Waals surface area (Å²) in [5, 5.41) is 10.9. The second kappa shape index (κ2) is 6.25. The molecule has 4 rings (SSSR count). The van der Waals surface area contributed by atoms with E-state index in [1.807, 2.05) is 4.90 Å². The van der Waals surface area contributed by atoms with Gasteiger partial charge in [0.25, 0.3) is 5.89 Å². The van der Waals surface area contributed by atoms with Gasteiger partial charge in [-0.05, 0) is 25.2 Å². The number of nitrogens with zero attached hydrogens (tertiary/aromatic N) is 5. The summed E-state index contributed by atoms with van der Waals surface area (Å²) in [5.41, 5.74) is 1.22. The minimum atomic E-state index is -0.429. The number of halogens is 1. The summed E-state index contributed by atoms with van der Waals surface area (Å²) in [6, 6.07) is 4.50. The number of fused-ring (bicyclic) bond motifs is 1. The van der Waals surface area contributed by atoms with Crippen molar-refractivity contribution in [2.75, 3.05) is 50.0 Å². The van der Waals surface area contributed by atoms with E-state index in [1.54, 1.807) is 0 Å². The molecule has 130 valence electrons. The summed E-state index contributed by atoms with van der Waals surface area (Å²) in [6.07, 6.45) is 0. The van der Waals surface area contributed by atoms with E-state index in [0.29, 0.717) is 23.0 Å². The molecule has 0 bridgehead atoms. The molecular formula is C16H17FN6O2. The quantitative estimate of drug-likeness (QED) is 0.865. The van der Waals surface area contributed by atoms with Crippen LogP contribution in [0, 0.1) is 5.82 Å². The number of piperazine rings is 1. The Morgan fingerprint density at radius 3 is 2.80 bits per heavy atom. The van der Waals surface area contributed by atoms with E-state index in [2.05, 4.69) is 32.5 Å². The first kappa shape index (κ1) is 15.7. The molecule has 1 fully saturated rings. The minimum absolute atomic E-state index is 0.0855. The molecule has 0 saturated carbocycles. The van der Waals surface area contributed by atoms with Crippen molar-refractivity contribution in [3.63, 3.8) is 0 Å². The molecule has 1 saturated heterocycles. The van der Waals surface area contributed by atoms with Crippen LogP contribution in [0.3, 0.4) is 0 Å². The maximum Gasteiger partial charge on any atom is 0.318 e. The summed E-state index contributed by atoms with van der Waals surface area (Å²) in [7, 11) is 2.06. The third-order valence-corrected chi connectivity index (χ3v) is 4.28. The molecule has 0 radical (unpaired) electrons. The predicted octanol–water partition coefficient (Wildman–Crippen LogP) is 0.750. The first-order valence-corrected chi connectivity index (χ1v) is 8.02. The fraction of sp³-hybridized carbons (Fsp3) is 0.375. The van der Waals surface area contributed by atoms with Crippen LogP contribution in [0.15, 0.2) is 27.6 Å². The highest BCUT2D eigenvalue weighted by atomic mass is 19.1. The van der Waals surface area contributed by atoms with Crippen molar-refractivity contribution < 1.29 is 13.6 Å². The molecule has 1 aromatic heterocycles. The van der Waals surface area contributed by atoms with Gasteiger partial charge in [0.1, 0.15) is 18.1 Å². The lowest BCUT2D eigenvalue weighted by Crippen LogP contribution is -2.44. The zero-order valence-electron chi connectivity index (χ0n) is 13.7. The first-order chi connectivity index (χ1) is 12.1. The Balaban J connectivity index is 1.68. The van der Waals surface area contributed by atoms with Crippen molar-refractivity contribution in [3.8, 4) is 0 Å². The average Bonchev–Trinajstić information content (AvgIpc) is 3.01. The van der Waals surface area contributed by atoms with Gasteiger partial charge in [-0.2, -0.15) is 0 Å². The number of aromatic nitrogens is 2. The Morgan fingerprint density at radius 1 is 1.20 bits per heavy atom. The number of rotatable bonds is 2. The number of aliphatic imine (C=N–C) groups is 1. The molecule has 0 spiro atoms.